The fourth-order valence-corrected chi connectivity index (χ4v) is 1.84. The van der Waals surface area contributed by atoms with Crippen LogP contribution in [0.25, 0.3) is 0 Å². The van der Waals surface area contributed by atoms with Crippen LogP contribution in [-0.2, 0) is 6.54 Å². The lowest BCUT2D eigenvalue weighted by Crippen LogP contribution is -2.03. The second kappa shape index (κ2) is 5.68. The van der Waals surface area contributed by atoms with E-state index < -0.39 is 11.6 Å². The van der Waals surface area contributed by atoms with Crippen LogP contribution >= 0.6 is 11.6 Å². The van der Waals surface area contributed by atoms with Crippen LogP contribution in [0.5, 0.6) is 0 Å². The van der Waals surface area contributed by atoms with E-state index in [1.165, 1.54) is 6.07 Å². The minimum absolute atomic E-state index is 0.106. The summed E-state index contributed by atoms with van der Waals surface area (Å²) in [6.45, 7) is 0.106. The van der Waals surface area contributed by atoms with Gasteiger partial charge in [-0.1, -0.05) is 11.6 Å². The molecule has 2 rings (SSSR count). The number of nitrogens with one attached hydrogen (secondary N) is 1. The molecule has 0 radical (unpaired) electrons. The molecular weight excluding hydrogens is 270 g/mol. The molecule has 0 aliphatic heterocycles. The molecule has 0 unspecified atom stereocenters. The summed E-state index contributed by atoms with van der Waals surface area (Å²) in [7, 11) is 0. The summed E-state index contributed by atoms with van der Waals surface area (Å²) in [5.41, 5.74) is 1.21. The van der Waals surface area contributed by atoms with Crippen LogP contribution in [0, 0.1) is 23.0 Å². The molecule has 0 spiro atoms. The Morgan fingerprint density at radius 2 is 1.95 bits per heavy atom. The zero-order chi connectivity index (χ0) is 13.8. The van der Waals surface area contributed by atoms with Crippen LogP contribution in [0.4, 0.5) is 14.5 Å². The number of hydrogen-bond donors (Lipinski definition) is 1. The Balaban J connectivity index is 2.15. The van der Waals surface area contributed by atoms with Gasteiger partial charge < -0.3 is 5.32 Å². The summed E-state index contributed by atoms with van der Waals surface area (Å²) in [6, 6.07) is 9.95. The highest BCUT2D eigenvalue weighted by Crippen LogP contribution is 2.23. The number of hydrogen-bond acceptors (Lipinski definition) is 2. The van der Waals surface area contributed by atoms with Gasteiger partial charge in [0.05, 0.1) is 22.3 Å². The summed E-state index contributed by atoms with van der Waals surface area (Å²) in [5.74, 6) is -0.984. The Hall–Kier alpha value is -2.12. The van der Waals surface area contributed by atoms with Crippen molar-refractivity contribution in [3.8, 4) is 6.07 Å². The van der Waals surface area contributed by atoms with Crippen LogP contribution in [-0.4, -0.2) is 0 Å². The zero-order valence-electron chi connectivity index (χ0n) is 9.75. The predicted molar refractivity (Wildman–Crippen MR) is 69.9 cm³/mol. The lowest BCUT2D eigenvalue weighted by Gasteiger charge is -2.09. The average molecular weight is 279 g/mol. The van der Waals surface area contributed by atoms with Gasteiger partial charge in [0.15, 0.2) is 0 Å². The van der Waals surface area contributed by atoms with Gasteiger partial charge in [-0.15, -0.1) is 0 Å². The van der Waals surface area contributed by atoms with E-state index in [9.17, 15) is 8.78 Å². The Kier molecular flexibility index (Phi) is 3.98. The molecule has 96 valence electrons. The monoisotopic (exact) mass is 278 g/mol. The lowest BCUT2D eigenvalue weighted by molar-refractivity contribution is 0.587. The van der Waals surface area contributed by atoms with E-state index in [0.717, 1.165) is 18.2 Å². The van der Waals surface area contributed by atoms with Crippen molar-refractivity contribution in [3.05, 3.63) is 64.2 Å². The zero-order valence-corrected chi connectivity index (χ0v) is 10.5. The highest BCUT2D eigenvalue weighted by Gasteiger charge is 2.06. The van der Waals surface area contributed by atoms with Crippen LogP contribution in [0.15, 0.2) is 36.4 Å². The molecule has 19 heavy (non-hydrogen) atoms. The van der Waals surface area contributed by atoms with Crippen LogP contribution < -0.4 is 5.32 Å². The van der Waals surface area contributed by atoms with Crippen molar-refractivity contribution in [1.29, 1.82) is 5.26 Å². The second-order valence-corrected chi connectivity index (χ2v) is 4.30. The molecule has 0 saturated carbocycles. The number of nitriles is 1. The Labute approximate surface area is 114 Å². The average Bonchev–Trinajstić information content (AvgIpc) is 2.40. The van der Waals surface area contributed by atoms with E-state index in [-0.39, 0.29) is 12.1 Å². The smallest absolute Gasteiger partial charge is 0.128 e. The third-order valence-corrected chi connectivity index (χ3v) is 2.89. The van der Waals surface area contributed by atoms with E-state index in [2.05, 4.69) is 5.32 Å². The maximum absolute atomic E-state index is 13.4. The molecule has 0 saturated heterocycles. The van der Waals surface area contributed by atoms with E-state index in [0.29, 0.717) is 16.3 Å². The van der Waals surface area contributed by atoms with Gasteiger partial charge in [0, 0.05) is 12.1 Å². The molecule has 5 heteroatoms. The Bertz CT molecular complexity index is 650. The molecule has 0 aliphatic rings. The third-order valence-electron chi connectivity index (χ3n) is 2.58. The molecule has 2 aromatic rings. The van der Waals surface area contributed by atoms with E-state index in [1.807, 2.05) is 6.07 Å². The second-order valence-electron chi connectivity index (χ2n) is 3.90. The largest absolute Gasteiger partial charge is 0.380 e. The van der Waals surface area contributed by atoms with Crippen molar-refractivity contribution in [1.82, 2.24) is 0 Å². The van der Waals surface area contributed by atoms with Crippen molar-refractivity contribution in [3.63, 3.8) is 0 Å². The van der Waals surface area contributed by atoms with E-state index >= 15 is 0 Å². The van der Waals surface area contributed by atoms with Crippen molar-refractivity contribution >= 4 is 17.3 Å². The van der Waals surface area contributed by atoms with Crippen molar-refractivity contribution in [2.45, 2.75) is 6.54 Å². The number of anilines is 1. The minimum atomic E-state index is -0.496. The third kappa shape index (κ3) is 3.21. The standard InChI is InChI=1S/C14H9ClF2N2/c15-12-5-9(7-18)1-4-14(12)19-8-10-6-11(16)2-3-13(10)17/h1-6,19H,8H2. The van der Waals surface area contributed by atoms with Crippen LogP contribution in [0.2, 0.25) is 5.02 Å². The molecule has 0 amide bonds. The molecule has 0 aromatic heterocycles. The van der Waals surface area contributed by atoms with Crippen LogP contribution in [0.3, 0.4) is 0 Å². The van der Waals surface area contributed by atoms with Gasteiger partial charge >= 0.3 is 0 Å². The maximum Gasteiger partial charge on any atom is 0.128 e. The first-order chi connectivity index (χ1) is 9.10. The molecule has 0 heterocycles. The Morgan fingerprint density at radius 1 is 1.16 bits per heavy atom. The summed E-state index contributed by atoms with van der Waals surface area (Å²) in [5, 5.41) is 12.0. The number of rotatable bonds is 3. The first-order valence-corrected chi connectivity index (χ1v) is 5.85. The minimum Gasteiger partial charge on any atom is -0.380 e. The topological polar surface area (TPSA) is 35.8 Å². The van der Waals surface area contributed by atoms with E-state index in [4.69, 9.17) is 16.9 Å². The molecule has 0 atom stereocenters. The van der Waals surface area contributed by atoms with Gasteiger partial charge in [0.2, 0.25) is 0 Å². The highest BCUT2D eigenvalue weighted by atomic mass is 35.5. The van der Waals surface area contributed by atoms with Gasteiger partial charge in [-0.3, -0.25) is 0 Å². The first-order valence-electron chi connectivity index (χ1n) is 5.47. The molecular formula is C14H9ClF2N2. The fraction of sp³-hybridized carbons (Fsp3) is 0.0714. The highest BCUT2D eigenvalue weighted by molar-refractivity contribution is 6.33. The molecule has 0 bridgehead atoms. The quantitative estimate of drug-likeness (QED) is 0.917. The number of nitrogens with zero attached hydrogens (tertiary/aromatic N) is 1. The summed E-state index contributed by atoms with van der Waals surface area (Å²) in [4.78, 5) is 0. The SMILES string of the molecule is N#Cc1ccc(NCc2cc(F)ccc2F)c(Cl)c1. The Morgan fingerprint density at radius 3 is 2.63 bits per heavy atom. The molecule has 1 N–H and O–H groups in total. The molecule has 2 aromatic carbocycles. The lowest BCUT2D eigenvalue weighted by atomic mass is 10.2. The fourth-order valence-electron chi connectivity index (χ4n) is 1.60. The van der Waals surface area contributed by atoms with Crippen molar-refractivity contribution in [2.75, 3.05) is 5.32 Å². The van der Waals surface area contributed by atoms with Gasteiger partial charge in [0.1, 0.15) is 11.6 Å². The van der Waals surface area contributed by atoms with Gasteiger partial charge in [0.25, 0.3) is 0 Å². The van der Waals surface area contributed by atoms with Crippen LogP contribution in [0.1, 0.15) is 11.1 Å². The van der Waals surface area contributed by atoms with E-state index in [1.54, 1.807) is 12.1 Å². The summed E-state index contributed by atoms with van der Waals surface area (Å²) < 4.78 is 26.4. The molecule has 0 aliphatic carbocycles. The molecule has 2 nitrogen and oxygen atoms in total. The van der Waals surface area contributed by atoms with Crippen molar-refractivity contribution < 1.29 is 8.78 Å². The van der Waals surface area contributed by atoms with Crippen molar-refractivity contribution in [2.24, 2.45) is 0 Å². The normalized spacial score (nSPS) is 10.0. The van der Waals surface area contributed by atoms with Gasteiger partial charge in [-0.25, -0.2) is 8.78 Å². The predicted octanol–water partition coefficient (Wildman–Crippen LogP) is 4.10. The summed E-state index contributed by atoms with van der Waals surface area (Å²) in [6.07, 6.45) is 0. The van der Waals surface area contributed by atoms with Gasteiger partial charge in [-0.05, 0) is 36.4 Å². The first kappa shape index (κ1) is 13.3. The summed E-state index contributed by atoms with van der Waals surface area (Å²) >= 11 is 5.96. The maximum atomic E-state index is 13.4. The molecule has 0 fully saturated rings. The number of benzene rings is 2. The van der Waals surface area contributed by atoms with Gasteiger partial charge in [-0.2, -0.15) is 5.26 Å². The number of halogens is 3.